The van der Waals surface area contributed by atoms with Crippen molar-refractivity contribution in [1.82, 2.24) is 24.0 Å². The van der Waals surface area contributed by atoms with Gasteiger partial charge in [0, 0.05) is 37.4 Å². The molecule has 1 aliphatic heterocycles. The van der Waals surface area contributed by atoms with E-state index in [-0.39, 0.29) is 0 Å². The Labute approximate surface area is 156 Å². The first-order valence-corrected chi connectivity index (χ1v) is 9.42. The molecule has 0 fully saturated rings. The number of rotatable bonds is 2. The Morgan fingerprint density at radius 2 is 1.81 bits per heavy atom. The SMILES string of the molecule is C1=CC(N2CCc3nc4ccc(-n5cnc6ccccc65)cc4n3CC2)=C1. The predicted octanol–water partition coefficient (Wildman–Crippen LogP) is 3.69. The highest BCUT2D eigenvalue weighted by molar-refractivity contribution is 5.82. The zero-order chi connectivity index (χ0) is 17.8. The molecule has 0 bridgehead atoms. The van der Waals surface area contributed by atoms with Gasteiger partial charge in [-0.05, 0) is 42.5 Å². The summed E-state index contributed by atoms with van der Waals surface area (Å²) in [7, 11) is 0. The molecule has 6 rings (SSSR count). The summed E-state index contributed by atoms with van der Waals surface area (Å²) in [6.45, 7) is 3.01. The molecule has 4 aromatic rings. The van der Waals surface area contributed by atoms with Gasteiger partial charge in [0.05, 0.1) is 22.1 Å². The predicted molar refractivity (Wildman–Crippen MR) is 107 cm³/mol. The number of hydrogen-bond donors (Lipinski definition) is 0. The number of imidazole rings is 2. The van der Waals surface area contributed by atoms with E-state index in [4.69, 9.17) is 4.98 Å². The first kappa shape index (κ1) is 14.8. The molecule has 2 aromatic heterocycles. The molecule has 132 valence electrons. The molecule has 5 nitrogen and oxygen atoms in total. The number of hydrogen-bond acceptors (Lipinski definition) is 3. The molecule has 0 saturated heterocycles. The quantitative estimate of drug-likeness (QED) is 0.552. The van der Waals surface area contributed by atoms with Crippen molar-refractivity contribution in [1.29, 1.82) is 0 Å². The smallest absolute Gasteiger partial charge is 0.111 e. The number of para-hydroxylation sites is 2. The van der Waals surface area contributed by atoms with Crippen molar-refractivity contribution >= 4 is 22.1 Å². The maximum atomic E-state index is 4.91. The Kier molecular flexibility index (Phi) is 3.06. The third-order valence-corrected chi connectivity index (χ3v) is 5.64. The van der Waals surface area contributed by atoms with Gasteiger partial charge >= 0.3 is 0 Å². The van der Waals surface area contributed by atoms with Gasteiger partial charge in [-0.1, -0.05) is 18.2 Å². The molecule has 0 radical (unpaired) electrons. The number of fused-ring (bicyclic) bond motifs is 4. The summed E-state index contributed by atoms with van der Waals surface area (Å²) in [5.41, 5.74) is 6.90. The van der Waals surface area contributed by atoms with Crippen LogP contribution in [0.5, 0.6) is 0 Å². The lowest BCUT2D eigenvalue weighted by atomic mass is 10.2. The van der Waals surface area contributed by atoms with E-state index in [1.54, 1.807) is 0 Å². The normalized spacial score (nSPS) is 16.3. The fourth-order valence-electron chi connectivity index (χ4n) is 4.13. The first-order chi connectivity index (χ1) is 13.4. The zero-order valence-corrected chi connectivity index (χ0v) is 14.9. The molecule has 0 spiro atoms. The molecular weight excluding hydrogens is 334 g/mol. The Morgan fingerprint density at radius 1 is 0.889 bits per heavy atom. The van der Waals surface area contributed by atoms with Crippen LogP contribution in [0, 0.1) is 0 Å². The van der Waals surface area contributed by atoms with Crippen molar-refractivity contribution in [2.75, 3.05) is 13.1 Å². The zero-order valence-electron chi connectivity index (χ0n) is 14.9. The molecule has 0 unspecified atom stereocenters. The summed E-state index contributed by atoms with van der Waals surface area (Å²) in [5, 5.41) is 0. The second-order valence-corrected chi connectivity index (χ2v) is 7.14. The van der Waals surface area contributed by atoms with Gasteiger partial charge in [0.2, 0.25) is 0 Å². The largest absolute Gasteiger partial charge is 0.369 e. The third-order valence-electron chi connectivity index (χ3n) is 5.64. The highest BCUT2D eigenvalue weighted by Crippen LogP contribution is 2.26. The van der Waals surface area contributed by atoms with Crippen molar-refractivity contribution < 1.29 is 0 Å². The molecule has 2 aliphatic rings. The van der Waals surface area contributed by atoms with E-state index in [0.29, 0.717) is 0 Å². The molecule has 1 aliphatic carbocycles. The van der Waals surface area contributed by atoms with Crippen LogP contribution in [-0.4, -0.2) is 37.1 Å². The monoisotopic (exact) mass is 353 g/mol. The second kappa shape index (κ2) is 5.58. The van der Waals surface area contributed by atoms with Gasteiger partial charge in [0.15, 0.2) is 0 Å². The molecule has 2 aromatic carbocycles. The highest BCUT2D eigenvalue weighted by atomic mass is 15.2. The van der Waals surface area contributed by atoms with Crippen molar-refractivity contribution in [2.45, 2.75) is 13.0 Å². The van der Waals surface area contributed by atoms with Crippen molar-refractivity contribution in [3.05, 3.63) is 78.5 Å². The van der Waals surface area contributed by atoms with Crippen LogP contribution in [0.4, 0.5) is 0 Å². The second-order valence-electron chi connectivity index (χ2n) is 7.14. The van der Waals surface area contributed by atoms with Gasteiger partial charge in [0.25, 0.3) is 0 Å². The summed E-state index contributed by atoms with van der Waals surface area (Å²) in [4.78, 5) is 11.9. The van der Waals surface area contributed by atoms with E-state index in [1.807, 2.05) is 18.5 Å². The van der Waals surface area contributed by atoms with E-state index in [1.165, 1.54) is 17.0 Å². The third kappa shape index (κ3) is 2.24. The molecule has 27 heavy (non-hydrogen) atoms. The number of aromatic nitrogens is 4. The minimum atomic E-state index is 0.963. The lowest BCUT2D eigenvalue weighted by Crippen LogP contribution is -2.26. The van der Waals surface area contributed by atoms with Crippen LogP contribution < -0.4 is 0 Å². The average Bonchev–Trinajstić information content (AvgIpc) is 3.17. The van der Waals surface area contributed by atoms with Crippen molar-refractivity contribution in [3.8, 4) is 5.69 Å². The van der Waals surface area contributed by atoms with Crippen LogP contribution in [0.2, 0.25) is 0 Å². The van der Waals surface area contributed by atoms with Gasteiger partial charge in [-0.15, -0.1) is 0 Å². The molecule has 0 atom stereocenters. The molecule has 0 saturated carbocycles. The van der Waals surface area contributed by atoms with Gasteiger partial charge < -0.3 is 9.47 Å². The van der Waals surface area contributed by atoms with E-state index in [0.717, 1.165) is 48.3 Å². The van der Waals surface area contributed by atoms with Gasteiger partial charge in [-0.2, -0.15) is 0 Å². The van der Waals surface area contributed by atoms with E-state index in [2.05, 4.69) is 67.6 Å². The maximum Gasteiger partial charge on any atom is 0.111 e. The van der Waals surface area contributed by atoms with Crippen molar-refractivity contribution in [3.63, 3.8) is 0 Å². The Bertz CT molecular complexity index is 1240. The average molecular weight is 353 g/mol. The van der Waals surface area contributed by atoms with E-state index in [9.17, 15) is 0 Å². The lowest BCUT2D eigenvalue weighted by Gasteiger charge is -2.25. The van der Waals surface area contributed by atoms with Crippen LogP contribution in [0.3, 0.4) is 0 Å². The fraction of sp³-hybridized carbons (Fsp3) is 0.182. The number of benzene rings is 2. The Hall–Kier alpha value is -3.34. The first-order valence-electron chi connectivity index (χ1n) is 9.42. The molecular formula is C22H19N5. The van der Waals surface area contributed by atoms with Crippen LogP contribution in [0.15, 0.2) is 72.7 Å². The molecule has 0 amide bonds. The summed E-state index contributed by atoms with van der Waals surface area (Å²) in [5.74, 6) is 1.18. The number of allylic oxidation sites excluding steroid dienone is 3. The van der Waals surface area contributed by atoms with Crippen molar-refractivity contribution in [2.24, 2.45) is 0 Å². The molecule has 3 heterocycles. The van der Waals surface area contributed by atoms with Gasteiger partial charge in [0.1, 0.15) is 12.2 Å². The fourth-order valence-corrected chi connectivity index (χ4v) is 4.13. The Morgan fingerprint density at radius 3 is 2.70 bits per heavy atom. The van der Waals surface area contributed by atoms with Crippen LogP contribution in [0.25, 0.3) is 27.8 Å². The van der Waals surface area contributed by atoms with Crippen LogP contribution >= 0.6 is 0 Å². The van der Waals surface area contributed by atoms with Crippen LogP contribution in [0.1, 0.15) is 5.82 Å². The topological polar surface area (TPSA) is 38.9 Å². The lowest BCUT2D eigenvalue weighted by molar-refractivity contribution is 0.359. The molecule has 0 N–H and O–H groups in total. The Balaban J connectivity index is 1.43. The van der Waals surface area contributed by atoms with E-state index >= 15 is 0 Å². The van der Waals surface area contributed by atoms with E-state index < -0.39 is 0 Å². The summed E-state index contributed by atoms with van der Waals surface area (Å²) in [6.07, 6.45) is 9.37. The summed E-state index contributed by atoms with van der Waals surface area (Å²) < 4.78 is 4.54. The highest BCUT2D eigenvalue weighted by Gasteiger charge is 2.19. The summed E-state index contributed by atoms with van der Waals surface area (Å²) >= 11 is 0. The minimum absolute atomic E-state index is 0.963. The number of nitrogens with zero attached hydrogens (tertiary/aromatic N) is 5. The standard InChI is InChI=1S/C22H19N5/c1-2-7-20-18(6-1)23-15-27(20)17-8-9-19-21(14-17)26-13-12-25(16-4-3-5-16)11-10-22(26)24-19/h1-9,14-15H,10-13H2. The van der Waals surface area contributed by atoms with Gasteiger partial charge in [-0.25, -0.2) is 9.97 Å². The summed E-state index contributed by atoms with van der Waals surface area (Å²) in [6, 6.07) is 14.8. The van der Waals surface area contributed by atoms with Crippen LogP contribution in [-0.2, 0) is 13.0 Å². The maximum absolute atomic E-state index is 4.91. The molecule has 5 heteroatoms. The minimum Gasteiger partial charge on any atom is -0.369 e. The van der Waals surface area contributed by atoms with Gasteiger partial charge in [-0.3, -0.25) is 4.57 Å².